The standard InChI is InChI=1S/C21H22N6/c1-27-8-6-16(7-9-27)25-21-23-12-18-17(3-5-20(18)26-21)14-2-4-19-15(10-14)11-22-13-24-19/h2-4,10-13,16H,5-9H2,1H3,(H,23,25,26). The molecule has 0 bridgehead atoms. The number of anilines is 1. The van der Waals surface area contributed by atoms with Crippen LogP contribution in [0.2, 0.25) is 0 Å². The summed E-state index contributed by atoms with van der Waals surface area (Å²) in [4.78, 5) is 20.2. The Morgan fingerprint density at radius 2 is 2.00 bits per heavy atom. The maximum Gasteiger partial charge on any atom is 0.223 e. The van der Waals surface area contributed by atoms with Crippen LogP contribution in [0.3, 0.4) is 0 Å². The number of benzene rings is 1. The summed E-state index contributed by atoms with van der Waals surface area (Å²) in [5.41, 5.74) is 5.54. The number of rotatable bonds is 3. The highest BCUT2D eigenvalue weighted by Gasteiger charge is 2.21. The van der Waals surface area contributed by atoms with Gasteiger partial charge in [0.15, 0.2) is 0 Å². The number of aromatic nitrogens is 4. The van der Waals surface area contributed by atoms with Crippen molar-refractivity contribution >= 4 is 22.4 Å². The lowest BCUT2D eigenvalue weighted by Gasteiger charge is -2.29. The summed E-state index contributed by atoms with van der Waals surface area (Å²) >= 11 is 0. The van der Waals surface area contributed by atoms with E-state index in [9.17, 15) is 0 Å². The van der Waals surface area contributed by atoms with Gasteiger partial charge in [0, 0.05) is 35.8 Å². The molecule has 1 N–H and O–H groups in total. The summed E-state index contributed by atoms with van der Waals surface area (Å²) in [6.45, 7) is 2.25. The fourth-order valence-corrected chi connectivity index (χ4v) is 3.94. The van der Waals surface area contributed by atoms with Gasteiger partial charge in [-0.1, -0.05) is 12.1 Å². The molecular formula is C21H22N6. The smallest absolute Gasteiger partial charge is 0.223 e. The first-order valence-electron chi connectivity index (χ1n) is 9.48. The third kappa shape index (κ3) is 3.17. The Morgan fingerprint density at radius 3 is 2.89 bits per heavy atom. The Bertz CT molecular complexity index is 1020. The van der Waals surface area contributed by atoms with Crippen LogP contribution in [-0.2, 0) is 6.42 Å². The lowest BCUT2D eigenvalue weighted by molar-refractivity contribution is 0.263. The van der Waals surface area contributed by atoms with Gasteiger partial charge in [0.2, 0.25) is 5.95 Å². The quantitative estimate of drug-likeness (QED) is 0.776. The molecule has 0 saturated carbocycles. The molecule has 0 atom stereocenters. The Kier molecular flexibility index (Phi) is 4.05. The Balaban J connectivity index is 1.38. The summed E-state index contributed by atoms with van der Waals surface area (Å²) in [5.74, 6) is 0.755. The number of piperidine rings is 1. The number of hydrogen-bond donors (Lipinski definition) is 1. The van der Waals surface area contributed by atoms with Crippen molar-refractivity contribution in [3.8, 4) is 0 Å². The zero-order valence-electron chi connectivity index (χ0n) is 15.4. The van der Waals surface area contributed by atoms with Crippen molar-refractivity contribution in [2.75, 3.05) is 25.5 Å². The van der Waals surface area contributed by atoms with Crippen LogP contribution in [0.5, 0.6) is 0 Å². The molecular weight excluding hydrogens is 336 g/mol. The average molecular weight is 358 g/mol. The van der Waals surface area contributed by atoms with Crippen LogP contribution in [0.1, 0.15) is 29.7 Å². The first-order valence-corrected chi connectivity index (χ1v) is 9.48. The van der Waals surface area contributed by atoms with Gasteiger partial charge in [0.1, 0.15) is 6.33 Å². The molecule has 0 amide bonds. The van der Waals surface area contributed by atoms with Crippen molar-refractivity contribution in [3.63, 3.8) is 0 Å². The van der Waals surface area contributed by atoms with Crippen molar-refractivity contribution in [1.29, 1.82) is 0 Å². The van der Waals surface area contributed by atoms with Gasteiger partial charge in [-0.2, -0.15) is 0 Å². The maximum atomic E-state index is 4.79. The largest absolute Gasteiger partial charge is 0.351 e. The summed E-state index contributed by atoms with van der Waals surface area (Å²) in [6.07, 6.45) is 10.8. The van der Waals surface area contributed by atoms with Crippen molar-refractivity contribution < 1.29 is 0 Å². The van der Waals surface area contributed by atoms with Gasteiger partial charge >= 0.3 is 0 Å². The molecule has 1 fully saturated rings. The van der Waals surface area contributed by atoms with Crippen molar-refractivity contribution in [2.45, 2.75) is 25.3 Å². The Labute approximate surface area is 158 Å². The highest BCUT2D eigenvalue weighted by atomic mass is 15.2. The molecule has 1 saturated heterocycles. The topological polar surface area (TPSA) is 66.8 Å². The van der Waals surface area contributed by atoms with Crippen molar-refractivity contribution in [3.05, 3.63) is 59.8 Å². The van der Waals surface area contributed by atoms with Crippen LogP contribution in [0.4, 0.5) is 5.95 Å². The van der Waals surface area contributed by atoms with Crippen LogP contribution in [0, 0.1) is 0 Å². The second-order valence-corrected chi connectivity index (χ2v) is 7.39. The summed E-state index contributed by atoms with van der Waals surface area (Å²) in [5, 5.41) is 4.57. The molecule has 0 unspecified atom stereocenters. The van der Waals surface area contributed by atoms with E-state index in [1.165, 1.54) is 5.57 Å². The molecule has 136 valence electrons. The van der Waals surface area contributed by atoms with Crippen molar-refractivity contribution in [2.24, 2.45) is 0 Å². The second kappa shape index (κ2) is 6.70. The van der Waals surface area contributed by atoms with E-state index in [1.54, 1.807) is 6.33 Å². The molecule has 5 rings (SSSR count). The van der Waals surface area contributed by atoms with E-state index < -0.39 is 0 Å². The zero-order chi connectivity index (χ0) is 18.2. The van der Waals surface area contributed by atoms with E-state index in [-0.39, 0.29) is 0 Å². The van der Waals surface area contributed by atoms with Gasteiger partial charge in [-0.25, -0.2) is 19.9 Å². The molecule has 3 heterocycles. The summed E-state index contributed by atoms with van der Waals surface area (Å²) < 4.78 is 0. The molecule has 6 nitrogen and oxygen atoms in total. The second-order valence-electron chi connectivity index (χ2n) is 7.39. The Hall–Kier alpha value is -2.86. The number of nitrogens with one attached hydrogen (secondary N) is 1. The number of fused-ring (bicyclic) bond motifs is 2. The molecule has 6 heteroatoms. The number of nitrogens with zero attached hydrogens (tertiary/aromatic N) is 5. The van der Waals surface area contributed by atoms with Gasteiger partial charge in [0.25, 0.3) is 0 Å². The average Bonchev–Trinajstić information content (AvgIpc) is 3.12. The van der Waals surface area contributed by atoms with Gasteiger partial charge < -0.3 is 10.2 Å². The van der Waals surface area contributed by atoms with Crippen LogP contribution >= 0.6 is 0 Å². The highest BCUT2D eigenvalue weighted by Crippen LogP contribution is 2.33. The van der Waals surface area contributed by atoms with Crippen LogP contribution < -0.4 is 5.32 Å². The molecule has 0 radical (unpaired) electrons. The molecule has 27 heavy (non-hydrogen) atoms. The minimum absolute atomic E-state index is 0.466. The monoisotopic (exact) mass is 358 g/mol. The lowest BCUT2D eigenvalue weighted by atomic mass is 10.0. The van der Waals surface area contributed by atoms with Crippen LogP contribution in [0.15, 0.2) is 43.0 Å². The van der Waals surface area contributed by atoms with E-state index in [0.29, 0.717) is 6.04 Å². The van der Waals surface area contributed by atoms with E-state index >= 15 is 0 Å². The van der Waals surface area contributed by atoms with Crippen LogP contribution in [0.25, 0.3) is 16.5 Å². The summed E-state index contributed by atoms with van der Waals surface area (Å²) in [7, 11) is 2.17. The lowest BCUT2D eigenvalue weighted by Crippen LogP contribution is -2.37. The van der Waals surface area contributed by atoms with E-state index in [2.05, 4.69) is 50.4 Å². The predicted octanol–water partition coefficient (Wildman–Crippen LogP) is 2.91. The molecule has 3 aromatic rings. The van der Waals surface area contributed by atoms with Crippen molar-refractivity contribution in [1.82, 2.24) is 24.8 Å². The number of hydrogen-bond acceptors (Lipinski definition) is 6. The van der Waals surface area contributed by atoms with Gasteiger partial charge in [-0.05, 0) is 56.2 Å². The number of allylic oxidation sites excluding steroid dienone is 1. The van der Waals surface area contributed by atoms with Gasteiger partial charge in [-0.15, -0.1) is 0 Å². The summed E-state index contributed by atoms with van der Waals surface area (Å²) in [6, 6.07) is 6.76. The fourth-order valence-electron chi connectivity index (χ4n) is 3.94. The molecule has 2 aliphatic rings. The first kappa shape index (κ1) is 16.3. The van der Waals surface area contributed by atoms with E-state index in [1.807, 2.05) is 18.5 Å². The van der Waals surface area contributed by atoms with Gasteiger partial charge in [-0.3, -0.25) is 0 Å². The Morgan fingerprint density at radius 1 is 1.11 bits per heavy atom. The maximum absolute atomic E-state index is 4.79. The fraction of sp³-hybridized carbons (Fsp3) is 0.333. The molecule has 2 aromatic heterocycles. The third-order valence-electron chi connectivity index (χ3n) is 5.52. The molecule has 1 aliphatic carbocycles. The molecule has 1 aromatic carbocycles. The molecule has 0 spiro atoms. The highest BCUT2D eigenvalue weighted by molar-refractivity contribution is 5.89. The first-order chi connectivity index (χ1) is 13.3. The predicted molar refractivity (Wildman–Crippen MR) is 106 cm³/mol. The minimum atomic E-state index is 0.466. The third-order valence-corrected chi connectivity index (χ3v) is 5.52. The minimum Gasteiger partial charge on any atom is -0.351 e. The number of likely N-dealkylation sites (tertiary alicyclic amines) is 1. The van der Waals surface area contributed by atoms with E-state index in [4.69, 9.17) is 4.98 Å². The SMILES string of the molecule is CN1CCC(Nc2ncc3c(n2)CC=C3c2ccc3ncncc3c2)CC1. The molecule has 1 aliphatic heterocycles. The van der Waals surface area contributed by atoms with Crippen LogP contribution in [-0.4, -0.2) is 51.0 Å². The normalized spacial score (nSPS) is 17.7. The van der Waals surface area contributed by atoms with E-state index in [0.717, 1.165) is 66.0 Å². The van der Waals surface area contributed by atoms with Gasteiger partial charge in [0.05, 0.1) is 11.2 Å². The zero-order valence-corrected chi connectivity index (χ0v) is 15.4.